The van der Waals surface area contributed by atoms with Crippen LogP contribution in [-0.4, -0.2) is 20.9 Å². The normalized spacial score (nSPS) is 16.8. The third-order valence-corrected chi connectivity index (χ3v) is 6.96. The highest BCUT2D eigenvalue weighted by Gasteiger charge is 2.42. The van der Waals surface area contributed by atoms with E-state index in [0.29, 0.717) is 16.6 Å². The second-order valence-corrected chi connectivity index (χ2v) is 10.0. The van der Waals surface area contributed by atoms with Gasteiger partial charge in [0, 0.05) is 41.2 Å². The second kappa shape index (κ2) is 10.7. The van der Waals surface area contributed by atoms with Gasteiger partial charge in [0.25, 0.3) is 5.69 Å². The van der Waals surface area contributed by atoms with Gasteiger partial charge < -0.3 is 20.0 Å². The second-order valence-electron chi connectivity index (χ2n) is 9.65. The molecule has 2 N–H and O–H groups in total. The Balaban J connectivity index is 1.53. The minimum Gasteiger partial charge on any atom is -0.459 e. The number of hydrogen-bond donors (Lipinski definition) is 2. The molecule has 1 saturated heterocycles. The molecule has 0 radical (unpaired) electrons. The maximum atomic E-state index is 12.3. The molecule has 1 fully saturated rings. The van der Waals surface area contributed by atoms with E-state index >= 15 is 0 Å². The fourth-order valence-corrected chi connectivity index (χ4v) is 4.90. The molecule has 1 aliphatic rings. The van der Waals surface area contributed by atoms with E-state index < -0.39 is 4.92 Å². The van der Waals surface area contributed by atoms with Gasteiger partial charge in [-0.1, -0.05) is 19.9 Å². The summed E-state index contributed by atoms with van der Waals surface area (Å²) in [4.78, 5) is 29.5. The number of carbonyl (C=O) groups excluding carboxylic acids is 1. The average molecular weight is 542 g/mol. The molecule has 1 amide bonds. The topological polar surface area (TPSA) is 114 Å². The van der Waals surface area contributed by atoms with Crippen LogP contribution in [0.2, 0.25) is 0 Å². The van der Waals surface area contributed by atoms with Crippen molar-refractivity contribution < 1.29 is 14.1 Å². The summed E-state index contributed by atoms with van der Waals surface area (Å²) in [5.41, 5.74) is 4.02. The lowest BCUT2D eigenvalue weighted by Crippen LogP contribution is -2.29. The van der Waals surface area contributed by atoms with Crippen molar-refractivity contribution in [3.8, 4) is 11.3 Å². The molecule has 0 saturated carbocycles. The highest BCUT2D eigenvalue weighted by molar-refractivity contribution is 7.80. The summed E-state index contributed by atoms with van der Waals surface area (Å²) < 4.78 is 6.34. The number of non-ortho nitro benzene ring substituents is 1. The first-order valence-electron chi connectivity index (χ1n) is 12.5. The summed E-state index contributed by atoms with van der Waals surface area (Å²) in [5, 5.41) is 18.0. The molecular formula is C29H27N5O4S. The fraction of sp³-hybridized carbons (Fsp3) is 0.207. The highest BCUT2D eigenvalue weighted by atomic mass is 32.1. The van der Waals surface area contributed by atoms with Crippen LogP contribution in [0, 0.1) is 23.0 Å². The third-order valence-electron chi connectivity index (χ3n) is 6.65. The van der Waals surface area contributed by atoms with E-state index in [2.05, 4.69) is 15.6 Å². The van der Waals surface area contributed by atoms with Crippen LogP contribution in [0.15, 0.2) is 83.4 Å². The van der Waals surface area contributed by atoms with Gasteiger partial charge in [0.15, 0.2) is 5.11 Å². The number of furan rings is 1. The zero-order valence-corrected chi connectivity index (χ0v) is 22.4. The molecule has 0 bridgehead atoms. The van der Waals surface area contributed by atoms with Crippen LogP contribution >= 0.6 is 12.2 Å². The standard InChI is InChI=1S/C29H27N5O4S/c1-17(2)28(35)31-22-12-11-21(16-18(22)3)33-27(26(32-29(33)39)23-6-4-5-15-30-23)25-14-13-24(38-25)19-7-9-20(10-8-19)34(36)37/h4-17,26-27H,1-3H3,(H,31,35)(H,32,39)/t26-,27-/m1/s1. The molecule has 2 atom stereocenters. The maximum absolute atomic E-state index is 12.3. The molecule has 2 aromatic carbocycles. The molecule has 2 aromatic heterocycles. The maximum Gasteiger partial charge on any atom is 0.269 e. The van der Waals surface area contributed by atoms with Crippen molar-refractivity contribution in [2.75, 3.05) is 10.2 Å². The number of aryl methyl sites for hydroxylation is 1. The van der Waals surface area contributed by atoms with Crippen LogP contribution in [0.5, 0.6) is 0 Å². The molecule has 10 heteroatoms. The van der Waals surface area contributed by atoms with Crippen LogP contribution in [0.4, 0.5) is 17.1 Å². The van der Waals surface area contributed by atoms with Gasteiger partial charge in [-0.05, 0) is 79.3 Å². The van der Waals surface area contributed by atoms with Gasteiger partial charge in [-0.3, -0.25) is 19.9 Å². The van der Waals surface area contributed by atoms with E-state index in [1.807, 2.05) is 74.2 Å². The number of nitrogens with zero attached hydrogens (tertiary/aromatic N) is 3. The van der Waals surface area contributed by atoms with E-state index in [1.54, 1.807) is 18.3 Å². The van der Waals surface area contributed by atoms with Crippen LogP contribution in [0.1, 0.15) is 42.9 Å². The summed E-state index contributed by atoms with van der Waals surface area (Å²) >= 11 is 5.81. The van der Waals surface area contributed by atoms with Crippen LogP contribution in [0.3, 0.4) is 0 Å². The lowest BCUT2D eigenvalue weighted by Gasteiger charge is -2.27. The fourth-order valence-electron chi connectivity index (χ4n) is 4.55. The number of nitro benzene ring substituents is 1. The van der Waals surface area contributed by atoms with Gasteiger partial charge in [0.05, 0.1) is 16.7 Å². The Labute approximate surface area is 231 Å². The van der Waals surface area contributed by atoms with Crippen molar-refractivity contribution in [3.05, 3.63) is 106 Å². The number of benzene rings is 2. The third kappa shape index (κ3) is 5.23. The summed E-state index contributed by atoms with van der Waals surface area (Å²) in [6.45, 7) is 5.64. The van der Waals surface area contributed by atoms with Gasteiger partial charge in [0.1, 0.15) is 17.6 Å². The van der Waals surface area contributed by atoms with E-state index in [0.717, 1.165) is 28.2 Å². The van der Waals surface area contributed by atoms with Crippen LogP contribution in [-0.2, 0) is 4.79 Å². The first-order valence-corrected chi connectivity index (χ1v) is 12.9. The molecule has 3 heterocycles. The Hall–Kier alpha value is -4.57. The van der Waals surface area contributed by atoms with Crippen molar-refractivity contribution in [3.63, 3.8) is 0 Å². The molecule has 4 aromatic rings. The van der Waals surface area contributed by atoms with Crippen molar-refractivity contribution >= 4 is 40.3 Å². The summed E-state index contributed by atoms with van der Waals surface area (Å²) in [5.74, 6) is 1.06. The van der Waals surface area contributed by atoms with Gasteiger partial charge >= 0.3 is 0 Å². The van der Waals surface area contributed by atoms with Gasteiger partial charge in [-0.25, -0.2) is 0 Å². The SMILES string of the molecule is Cc1cc(N2C(=S)N[C@H](c3ccccn3)[C@H]2c2ccc(-c3ccc([N+](=O)[O-])cc3)o2)ccc1NC(=O)C(C)C. The summed E-state index contributed by atoms with van der Waals surface area (Å²) in [7, 11) is 0. The van der Waals surface area contributed by atoms with Crippen LogP contribution in [0.25, 0.3) is 11.3 Å². The van der Waals surface area contributed by atoms with E-state index in [-0.39, 0.29) is 29.6 Å². The summed E-state index contributed by atoms with van der Waals surface area (Å²) in [6, 6.07) is 20.8. The molecule has 198 valence electrons. The Morgan fingerprint density at radius 1 is 1.13 bits per heavy atom. The number of amides is 1. The average Bonchev–Trinajstić information content (AvgIpc) is 3.55. The minimum absolute atomic E-state index is 0.0145. The number of hydrogen-bond acceptors (Lipinski definition) is 6. The predicted octanol–water partition coefficient (Wildman–Crippen LogP) is 6.33. The van der Waals surface area contributed by atoms with Crippen molar-refractivity contribution in [1.29, 1.82) is 0 Å². The molecule has 1 aliphatic heterocycles. The first kappa shape index (κ1) is 26.1. The van der Waals surface area contributed by atoms with Crippen LogP contribution < -0.4 is 15.5 Å². The van der Waals surface area contributed by atoms with Crippen molar-refractivity contribution in [2.24, 2.45) is 5.92 Å². The zero-order chi connectivity index (χ0) is 27.7. The molecule has 0 spiro atoms. The molecule has 9 nitrogen and oxygen atoms in total. The number of aromatic nitrogens is 1. The Bertz CT molecular complexity index is 1540. The largest absolute Gasteiger partial charge is 0.459 e. The van der Waals surface area contributed by atoms with Crippen molar-refractivity contribution in [1.82, 2.24) is 10.3 Å². The molecule has 0 unspecified atom stereocenters. The monoisotopic (exact) mass is 541 g/mol. The Morgan fingerprint density at radius 2 is 1.90 bits per heavy atom. The molecule has 0 aliphatic carbocycles. The van der Waals surface area contributed by atoms with E-state index in [4.69, 9.17) is 16.6 Å². The number of pyridine rings is 1. The predicted molar refractivity (Wildman–Crippen MR) is 153 cm³/mol. The number of carbonyl (C=O) groups is 1. The van der Waals surface area contributed by atoms with Gasteiger partial charge in [0.2, 0.25) is 5.91 Å². The lowest BCUT2D eigenvalue weighted by molar-refractivity contribution is -0.384. The Morgan fingerprint density at radius 3 is 2.54 bits per heavy atom. The number of nitro groups is 1. The van der Waals surface area contributed by atoms with E-state index in [1.165, 1.54) is 12.1 Å². The highest BCUT2D eigenvalue weighted by Crippen LogP contribution is 2.43. The summed E-state index contributed by atoms with van der Waals surface area (Å²) in [6.07, 6.45) is 1.74. The molecule has 5 rings (SSSR count). The van der Waals surface area contributed by atoms with Crippen molar-refractivity contribution in [2.45, 2.75) is 32.9 Å². The molecular weight excluding hydrogens is 514 g/mol. The number of thiocarbonyl (C=S) groups is 1. The quantitative estimate of drug-likeness (QED) is 0.159. The van der Waals surface area contributed by atoms with Gasteiger partial charge in [-0.15, -0.1) is 0 Å². The lowest BCUT2D eigenvalue weighted by atomic mass is 10.0. The minimum atomic E-state index is -0.431. The first-order chi connectivity index (χ1) is 18.7. The van der Waals surface area contributed by atoms with Gasteiger partial charge in [-0.2, -0.15) is 0 Å². The Kier molecular flexibility index (Phi) is 7.12. The zero-order valence-electron chi connectivity index (χ0n) is 21.6. The number of anilines is 2. The number of rotatable bonds is 7. The number of nitrogens with one attached hydrogen (secondary N) is 2. The molecule has 39 heavy (non-hydrogen) atoms. The smallest absolute Gasteiger partial charge is 0.269 e. The van der Waals surface area contributed by atoms with E-state index in [9.17, 15) is 14.9 Å².